The van der Waals surface area contributed by atoms with E-state index >= 15 is 0 Å². The van der Waals surface area contributed by atoms with Crippen LogP contribution in [0.4, 0.5) is 8.78 Å². The normalized spacial score (nSPS) is 26.1. The van der Waals surface area contributed by atoms with Crippen molar-refractivity contribution in [3.63, 3.8) is 0 Å². The molecule has 1 fully saturated rings. The first kappa shape index (κ1) is 11.8. The Balaban J connectivity index is 2.15. The summed E-state index contributed by atoms with van der Waals surface area (Å²) in [6, 6.07) is 0.262. The van der Waals surface area contributed by atoms with Crippen molar-refractivity contribution >= 4 is 0 Å². The number of aliphatic hydroxyl groups excluding tert-OH is 1. The standard InChI is InChI=1S/C9H18F2N2O/c10-9(11)8(14)6-13-7-2-1-4-12-5-3-7/h7-9,12-14H,1-6H2. The zero-order valence-corrected chi connectivity index (χ0v) is 8.18. The Bertz CT molecular complexity index is 150. The van der Waals surface area contributed by atoms with E-state index in [4.69, 9.17) is 5.11 Å². The fourth-order valence-corrected chi connectivity index (χ4v) is 1.60. The summed E-state index contributed by atoms with van der Waals surface area (Å²) >= 11 is 0. The van der Waals surface area contributed by atoms with Gasteiger partial charge in [-0.3, -0.25) is 0 Å². The molecular formula is C9H18F2N2O. The second kappa shape index (κ2) is 6.27. The fourth-order valence-electron chi connectivity index (χ4n) is 1.60. The summed E-state index contributed by atoms with van der Waals surface area (Å²) in [5.41, 5.74) is 0. The van der Waals surface area contributed by atoms with E-state index in [1.807, 2.05) is 0 Å². The number of halogens is 2. The molecule has 0 aliphatic carbocycles. The van der Waals surface area contributed by atoms with Crippen LogP contribution in [0.15, 0.2) is 0 Å². The first-order valence-electron chi connectivity index (χ1n) is 5.10. The van der Waals surface area contributed by atoms with Gasteiger partial charge in [0.25, 0.3) is 6.43 Å². The van der Waals surface area contributed by atoms with Gasteiger partial charge in [0, 0.05) is 12.6 Å². The zero-order chi connectivity index (χ0) is 10.4. The summed E-state index contributed by atoms with van der Waals surface area (Å²) in [5.74, 6) is 0. The van der Waals surface area contributed by atoms with Gasteiger partial charge >= 0.3 is 0 Å². The number of hydrogen-bond acceptors (Lipinski definition) is 3. The van der Waals surface area contributed by atoms with Crippen LogP contribution in [0.2, 0.25) is 0 Å². The first-order chi connectivity index (χ1) is 6.70. The van der Waals surface area contributed by atoms with Gasteiger partial charge < -0.3 is 15.7 Å². The molecule has 0 amide bonds. The highest BCUT2D eigenvalue weighted by atomic mass is 19.3. The zero-order valence-electron chi connectivity index (χ0n) is 8.18. The van der Waals surface area contributed by atoms with E-state index in [0.717, 1.165) is 32.4 Å². The van der Waals surface area contributed by atoms with Gasteiger partial charge in [0.2, 0.25) is 0 Å². The van der Waals surface area contributed by atoms with Gasteiger partial charge in [0.05, 0.1) is 0 Å². The number of nitrogens with one attached hydrogen (secondary N) is 2. The molecule has 14 heavy (non-hydrogen) atoms. The topological polar surface area (TPSA) is 44.3 Å². The molecule has 3 N–H and O–H groups in total. The Morgan fingerprint density at radius 3 is 2.86 bits per heavy atom. The van der Waals surface area contributed by atoms with Gasteiger partial charge in [-0.15, -0.1) is 0 Å². The molecule has 2 atom stereocenters. The minimum atomic E-state index is -2.65. The number of hydrogen-bond donors (Lipinski definition) is 3. The van der Waals surface area contributed by atoms with Crippen LogP contribution in [0, 0.1) is 0 Å². The molecule has 2 unspecified atom stereocenters. The van der Waals surface area contributed by atoms with Crippen LogP contribution in [0.3, 0.4) is 0 Å². The highest BCUT2D eigenvalue weighted by molar-refractivity contribution is 4.74. The molecule has 1 saturated heterocycles. The van der Waals surface area contributed by atoms with Gasteiger partial charge in [0.1, 0.15) is 6.10 Å². The van der Waals surface area contributed by atoms with Crippen molar-refractivity contribution in [2.45, 2.75) is 37.8 Å². The van der Waals surface area contributed by atoms with Crippen LogP contribution in [0.1, 0.15) is 19.3 Å². The van der Waals surface area contributed by atoms with Crippen LogP contribution in [0.25, 0.3) is 0 Å². The molecule has 1 rings (SSSR count). The van der Waals surface area contributed by atoms with Crippen molar-refractivity contribution in [2.24, 2.45) is 0 Å². The molecule has 0 radical (unpaired) electrons. The molecule has 0 saturated carbocycles. The molecule has 84 valence electrons. The van der Waals surface area contributed by atoms with Crippen molar-refractivity contribution in [3.8, 4) is 0 Å². The van der Waals surface area contributed by atoms with E-state index in [-0.39, 0.29) is 12.6 Å². The van der Waals surface area contributed by atoms with E-state index in [9.17, 15) is 8.78 Å². The van der Waals surface area contributed by atoms with Crippen LogP contribution >= 0.6 is 0 Å². The van der Waals surface area contributed by atoms with Crippen LogP contribution in [-0.2, 0) is 0 Å². The lowest BCUT2D eigenvalue weighted by Gasteiger charge is -2.18. The third kappa shape index (κ3) is 4.30. The summed E-state index contributed by atoms with van der Waals surface area (Å²) in [4.78, 5) is 0. The van der Waals surface area contributed by atoms with E-state index < -0.39 is 12.5 Å². The van der Waals surface area contributed by atoms with Crippen molar-refractivity contribution in [1.29, 1.82) is 0 Å². The van der Waals surface area contributed by atoms with Crippen LogP contribution in [-0.4, -0.2) is 43.3 Å². The molecular weight excluding hydrogens is 190 g/mol. The van der Waals surface area contributed by atoms with Crippen molar-refractivity contribution < 1.29 is 13.9 Å². The molecule has 1 heterocycles. The second-order valence-electron chi connectivity index (χ2n) is 3.69. The highest BCUT2D eigenvalue weighted by Crippen LogP contribution is 2.06. The van der Waals surface area contributed by atoms with Crippen molar-refractivity contribution in [3.05, 3.63) is 0 Å². The van der Waals surface area contributed by atoms with E-state index in [0.29, 0.717) is 0 Å². The Labute approximate surface area is 82.9 Å². The maximum atomic E-state index is 12.0. The average Bonchev–Trinajstić information content (AvgIpc) is 2.42. The summed E-state index contributed by atoms with van der Waals surface area (Å²) in [5, 5.41) is 15.1. The van der Waals surface area contributed by atoms with Crippen LogP contribution in [0.5, 0.6) is 0 Å². The molecule has 0 aromatic heterocycles. The highest BCUT2D eigenvalue weighted by Gasteiger charge is 2.18. The van der Waals surface area contributed by atoms with Crippen molar-refractivity contribution in [1.82, 2.24) is 10.6 Å². The Kier molecular flexibility index (Phi) is 5.29. The number of aliphatic hydroxyl groups is 1. The Hall–Kier alpha value is -0.260. The van der Waals surface area contributed by atoms with E-state index in [1.54, 1.807) is 0 Å². The summed E-state index contributed by atoms with van der Waals surface area (Å²) in [6.07, 6.45) is -1.20. The number of alkyl halides is 2. The smallest absolute Gasteiger partial charge is 0.265 e. The predicted octanol–water partition coefficient (Wildman–Crippen LogP) is 0.344. The first-order valence-corrected chi connectivity index (χ1v) is 5.10. The quantitative estimate of drug-likeness (QED) is 0.624. The summed E-state index contributed by atoms with van der Waals surface area (Å²) < 4.78 is 23.9. The average molecular weight is 208 g/mol. The monoisotopic (exact) mass is 208 g/mol. The van der Waals surface area contributed by atoms with Crippen molar-refractivity contribution in [2.75, 3.05) is 19.6 Å². The minimum Gasteiger partial charge on any atom is -0.386 e. The molecule has 0 bridgehead atoms. The fraction of sp³-hybridized carbons (Fsp3) is 1.00. The van der Waals surface area contributed by atoms with E-state index in [1.165, 1.54) is 0 Å². The lowest BCUT2D eigenvalue weighted by Crippen LogP contribution is -2.38. The van der Waals surface area contributed by atoms with Gasteiger partial charge in [0.15, 0.2) is 0 Å². The molecule has 3 nitrogen and oxygen atoms in total. The Morgan fingerprint density at radius 1 is 1.36 bits per heavy atom. The van der Waals surface area contributed by atoms with Crippen LogP contribution < -0.4 is 10.6 Å². The summed E-state index contributed by atoms with van der Waals surface area (Å²) in [6.45, 7) is 1.90. The predicted molar refractivity (Wildman–Crippen MR) is 50.5 cm³/mol. The van der Waals surface area contributed by atoms with E-state index in [2.05, 4.69) is 10.6 Å². The van der Waals surface area contributed by atoms with Gasteiger partial charge in [-0.1, -0.05) is 0 Å². The maximum absolute atomic E-state index is 12.0. The SMILES string of the molecule is OC(CNC1CCCNCC1)C(F)F. The summed E-state index contributed by atoms with van der Waals surface area (Å²) in [7, 11) is 0. The minimum absolute atomic E-state index is 0.0116. The number of rotatable bonds is 4. The maximum Gasteiger partial charge on any atom is 0.265 e. The van der Waals surface area contributed by atoms with Gasteiger partial charge in [-0.05, 0) is 32.4 Å². The largest absolute Gasteiger partial charge is 0.386 e. The van der Waals surface area contributed by atoms with Gasteiger partial charge in [-0.25, -0.2) is 8.78 Å². The van der Waals surface area contributed by atoms with Gasteiger partial charge in [-0.2, -0.15) is 0 Å². The molecule has 1 aliphatic rings. The molecule has 0 aromatic rings. The molecule has 5 heteroatoms. The molecule has 0 aromatic carbocycles. The Morgan fingerprint density at radius 2 is 2.14 bits per heavy atom. The third-order valence-electron chi connectivity index (χ3n) is 2.48. The molecule has 1 aliphatic heterocycles. The third-order valence-corrected chi connectivity index (χ3v) is 2.48. The lowest BCUT2D eigenvalue weighted by molar-refractivity contribution is -0.00477. The lowest BCUT2D eigenvalue weighted by atomic mass is 10.1. The molecule has 0 spiro atoms. The second-order valence-corrected chi connectivity index (χ2v) is 3.69.